The third kappa shape index (κ3) is 3.38. The fourth-order valence-electron chi connectivity index (χ4n) is 3.09. The first-order valence-corrected chi connectivity index (χ1v) is 8.45. The van der Waals surface area contributed by atoms with Gasteiger partial charge in [-0.3, -0.25) is 0 Å². The van der Waals surface area contributed by atoms with Crippen molar-refractivity contribution in [2.24, 2.45) is 0 Å². The van der Waals surface area contributed by atoms with Crippen LogP contribution in [0.25, 0.3) is 0 Å². The largest absolute Gasteiger partial charge is 0.462 e. The van der Waals surface area contributed by atoms with Crippen LogP contribution in [-0.4, -0.2) is 28.5 Å². The van der Waals surface area contributed by atoms with Crippen LogP contribution in [0.5, 0.6) is 0 Å². The third-order valence-electron chi connectivity index (χ3n) is 4.28. The average molecular weight is 388 g/mol. The monoisotopic (exact) mass is 387 g/mol. The number of carbonyl (C=O) groups excluding carboxylic acids is 1. The molecular weight excluding hydrogens is 371 g/mol. The Morgan fingerprint density at radius 2 is 2.04 bits per heavy atom. The van der Waals surface area contributed by atoms with Crippen LogP contribution in [-0.2, 0) is 4.74 Å². The van der Waals surface area contributed by atoms with E-state index in [-0.39, 0.29) is 30.1 Å². The minimum atomic E-state index is -4.51. The van der Waals surface area contributed by atoms with Crippen LogP contribution in [0.1, 0.15) is 47.0 Å². The third-order valence-corrected chi connectivity index (χ3v) is 4.53. The van der Waals surface area contributed by atoms with E-state index in [9.17, 15) is 18.0 Å². The van der Waals surface area contributed by atoms with Gasteiger partial charge in [-0.05, 0) is 31.5 Å². The van der Waals surface area contributed by atoms with Crippen molar-refractivity contribution in [3.63, 3.8) is 0 Å². The Kier molecular flexibility index (Phi) is 4.88. The smallest absolute Gasteiger partial charge is 0.410 e. The van der Waals surface area contributed by atoms with Gasteiger partial charge >= 0.3 is 12.1 Å². The molecule has 2 heterocycles. The minimum Gasteiger partial charge on any atom is -0.462 e. The van der Waals surface area contributed by atoms with Crippen molar-refractivity contribution in [3.8, 4) is 0 Å². The normalized spacial score (nSPS) is 19.6. The Labute approximate surface area is 153 Å². The highest BCUT2D eigenvalue weighted by Gasteiger charge is 2.48. The topological polar surface area (TPSA) is 56.1 Å². The predicted molar refractivity (Wildman–Crippen MR) is 90.4 cm³/mol. The van der Waals surface area contributed by atoms with Crippen LogP contribution in [0.4, 0.5) is 19.0 Å². The molecule has 0 unspecified atom stereocenters. The molecule has 0 amide bonds. The number of hydrogen-bond acceptors (Lipinski definition) is 4. The highest BCUT2D eigenvalue weighted by Crippen LogP contribution is 2.45. The van der Waals surface area contributed by atoms with E-state index in [2.05, 4.69) is 10.4 Å². The molecule has 9 heteroatoms. The maximum Gasteiger partial charge on any atom is 0.410 e. The van der Waals surface area contributed by atoms with Crippen molar-refractivity contribution in [3.05, 3.63) is 46.1 Å². The number of ether oxygens (including phenoxy) is 1. The Morgan fingerprint density at radius 3 is 2.62 bits per heavy atom. The zero-order valence-corrected chi connectivity index (χ0v) is 14.9. The zero-order valence-electron chi connectivity index (χ0n) is 14.1. The SMILES string of the molecule is CCOC(=O)c1c(C)nn2c1N[C@H](c1ccc(Cl)cc1)C[C@H]2C(F)(F)F. The van der Waals surface area contributed by atoms with Crippen molar-refractivity contribution >= 4 is 23.4 Å². The van der Waals surface area contributed by atoms with Gasteiger partial charge in [-0.2, -0.15) is 18.3 Å². The molecule has 2 aromatic rings. The summed E-state index contributed by atoms with van der Waals surface area (Å²) in [5.74, 6) is -0.675. The maximum atomic E-state index is 13.6. The van der Waals surface area contributed by atoms with Gasteiger partial charge < -0.3 is 10.1 Å². The lowest BCUT2D eigenvalue weighted by Gasteiger charge is -2.34. The average Bonchev–Trinajstić information content (AvgIpc) is 2.89. The molecule has 5 nitrogen and oxygen atoms in total. The molecule has 1 N–H and O–H groups in total. The summed E-state index contributed by atoms with van der Waals surface area (Å²) < 4.78 is 46.7. The minimum absolute atomic E-state index is 0.0227. The molecule has 1 aromatic heterocycles. The molecule has 1 aromatic carbocycles. The molecule has 0 saturated carbocycles. The summed E-state index contributed by atoms with van der Waals surface area (Å²) in [6.45, 7) is 3.24. The number of halogens is 4. The molecule has 140 valence electrons. The van der Waals surface area contributed by atoms with Gasteiger partial charge in [-0.25, -0.2) is 9.48 Å². The van der Waals surface area contributed by atoms with E-state index in [0.717, 1.165) is 4.68 Å². The molecule has 0 aliphatic carbocycles. The van der Waals surface area contributed by atoms with Crippen molar-refractivity contribution in [2.75, 3.05) is 11.9 Å². The van der Waals surface area contributed by atoms with Crippen LogP contribution in [0.3, 0.4) is 0 Å². The number of aromatic nitrogens is 2. The van der Waals surface area contributed by atoms with Crippen LogP contribution in [0.2, 0.25) is 5.02 Å². The summed E-state index contributed by atoms with van der Waals surface area (Å²) in [4.78, 5) is 12.2. The number of carbonyl (C=O) groups is 1. The summed E-state index contributed by atoms with van der Waals surface area (Å²) >= 11 is 5.86. The van der Waals surface area contributed by atoms with Gasteiger partial charge in [0.25, 0.3) is 0 Å². The predicted octanol–water partition coefficient (Wildman–Crippen LogP) is 4.68. The second-order valence-corrected chi connectivity index (χ2v) is 6.45. The van der Waals surface area contributed by atoms with Gasteiger partial charge in [0.05, 0.1) is 18.3 Å². The van der Waals surface area contributed by atoms with E-state index >= 15 is 0 Å². The van der Waals surface area contributed by atoms with Crippen molar-refractivity contribution in [2.45, 2.75) is 38.5 Å². The van der Waals surface area contributed by atoms with E-state index in [4.69, 9.17) is 16.3 Å². The molecule has 0 bridgehead atoms. The number of esters is 1. The lowest BCUT2D eigenvalue weighted by Crippen LogP contribution is -2.36. The Hall–Kier alpha value is -2.22. The number of nitrogens with zero attached hydrogens (tertiary/aromatic N) is 2. The number of aryl methyl sites for hydroxylation is 1. The fourth-order valence-corrected chi connectivity index (χ4v) is 3.22. The Balaban J connectivity index is 2.08. The summed E-state index contributed by atoms with van der Waals surface area (Å²) in [6, 6.07) is 4.07. The summed E-state index contributed by atoms with van der Waals surface area (Å²) in [5.41, 5.74) is 0.861. The second kappa shape index (κ2) is 6.83. The molecule has 0 spiro atoms. The Morgan fingerprint density at radius 1 is 1.38 bits per heavy atom. The number of nitrogens with one attached hydrogen (secondary N) is 1. The first-order valence-electron chi connectivity index (χ1n) is 8.07. The standard InChI is InChI=1S/C17H17ClF3N3O2/c1-3-26-16(25)14-9(2)23-24-13(17(19,20)21)8-12(22-15(14)24)10-4-6-11(18)7-5-10/h4-7,12-13,22H,3,8H2,1-2H3/t12-,13-/m0/s1. The van der Waals surface area contributed by atoms with E-state index in [1.54, 1.807) is 31.2 Å². The van der Waals surface area contributed by atoms with Crippen molar-refractivity contribution < 1.29 is 22.7 Å². The van der Waals surface area contributed by atoms with Gasteiger partial charge in [0.1, 0.15) is 11.4 Å². The number of alkyl halides is 3. The quantitative estimate of drug-likeness (QED) is 0.777. The van der Waals surface area contributed by atoms with Crippen molar-refractivity contribution in [1.29, 1.82) is 0 Å². The van der Waals surface area contributed by atoms with E-state index in [0.29, 0.717) is 10.6 Å². The van der Waals surface area contributed by atoms with Gasteiger partial charge in [-0.15, -0.1) is 0 Å². The molecule has 0 fully saturated rings. The fraction of sp³-hybridized carbons (Fsp3) is 0.412. The first kappa shape index (κ1) is 18.6. The highest BCUT2D eigenvalue weighted by atomic mass is 35.5. The number of benzene rings is 1. The van der Waals surface area contributed by atoms with Gasteiger partial charge in [-0.1, -0.05) is 23.7 Å². The number of hydrogen-bond donors (Lipinski definition) is 1. The second-order valence-electron chi connectivity index (χ2n) is 6.02. The molecule has 1 aliphatic heterocycles. The lowest BCUT2D eigenvalue weighted by atomic mass is 9.96. The summed E-state index contributed by atoms with van der Waals surface area (Å²) in [7, 11) is 0. The van der Waals surface area contributed by atoms with E-state index < -0.39 is 24.2 Å². The molecule has 0 radical (unpaired) electrons. The molecule has 0 saturated heterocycles. The molecule has 2 atom stereocenters. The van der Waals surface area contributed by atoms with Crippen LogP contribution in [0, 0.1) is 6.92 Å². The maximum absolute atomic E-state index is 13.6. The highest BCUT2D eigenvalue weighted by molar-refractivity contribution is 6.30. The zero-order chi connectivity index (χ0) is 19.1. The van der Waals surface area contributed by atoms with Crippen LogP contribution >= 0.6 is 11.6 Å². The number of rotatable bonds is 3. The van der Waals surface area contributed by atoms with Crippen molar-refractivity contribution in [1.82, 2.24) is 9.78 Å². The first-order chi connectivity index (χ1) is 12.2. The summed E-state index contributed by atoms with van der Waals surface area (Å²) in [6.07, 6.45) is -4.76. The van der Waals surface area contributed by atoms with E-state index in [1.165, 1.54) is 6.92 Å². The molecule has 26 heavy (non-hydrogen) atoms. The molecule has 3 rings (SSSR count). The van der Waals surface area contributed by atoms with Gasteiger partial charge in [0, 0.05) is 11.4 Å². The lowest BCUT2D eigenvalue weighted by molar-refractivity contribution is -0.173. The van der Waals surface area contributed by atoms with Crippen LogP contribution < -0.4 is 5.32 Å². The molecule has 1 aliphatic rings. The Bertz CT molecular complexity index is 818. The van der Waals surface area contributed by atoms with Gasteiger partial charge in [0.2, 0.25) is 0 Å². The number of fused-ring (bicyclic) bond motifs is 1. The van der Waals surface area contributed by atoms with Gasteiger partial charge in [0.15, 0.2) is 6.04 Å². The van der Waals surface area contributed by atoms with Crippen LogP contribution in [0.15, 0.2) is 24.3 Å². The molecular formula is C17H17ClF3N3O2. The number of anilines is 1. The van der Waals surface area contributed by atoms with E-state index in [1.807, 2.05) is 0 Å². The summed E-state index contributed by atoms with van der Waals surface area (Å²) in [5, 5.41) is 7.47.